The van der Waals surface area contributed by atoms with E-state index in [2.05, 4.69) is 0 Å². The minimum absolute atomic E-state index is 0.0904. The molecule has 0 aromatic heterocycles. The minimum Gasteiger partial charge on any atom is -0.454 e. The van der Waals surface area contributed by atoms with Crippen molar-refractivity contribution in [2.24, 2.45) is 0 Å². The van der Waals surface area contributed by atoms with Crippen molar-refractivity contribution >= 4 is 17.7 Å². The van der Waals surface area contributed by atoms with Gasteiger partial charge < -0.3 is 47.4 Å². The third-order valence-electron chi connectivity index (χ3n) is 12.7. The van der Waals surface area contributed by atoms with Gasteiger partial charge in [0.2, 0.25) is 0 Å². The van der Waals surface area contributed by atoms with E-state index in [1.807, 2.05) is 212 Å². The summed E-state index contributed by atoms with van der Waals surface area (Å²) in [6.45, 7) is 3.22. The van der Waals surface area contributed by atoms with E-state index in [0.717, 1.165) is 38.3 Å². The molecule has 0 bridgehead atoms. The molecule has 0 N–H and O–H groups in total. The van der Waals surface area contributed by atoms with E-state index in [-0.39, 0.29) is 39.6 Å². The summed E-state index contributed by atoms with van der Waals surface area (Å²) >= 11 is 1.50. The molecule has 384 valence electrons. The first-order valence-electron chi connectivity index (χ1n) is 25.2. The smallest absolute Gasteiger partial charge is 0.303 e. The van der Waals surface area contributed by atoms with Gasteiger partial charge >= 0.3 is 5.97 Å². The number of hydrogen-bond acceptors (Lipinski definition) is 12. The summed E-state index contributed by atoms with van der Waals surface area (Å²) in [5.41, 5.74) is 5.09. The highest BCUT2D eigenvalue weighted by Crippen LogP contribution is 2.41. The van der Waals surface area contributed by atoms with Crippen molar-refractivity contribution in [1.29, 1.82) is 0 Å². The van der Waals surface area contributed by atoms with Crippen LogP contribution in [0.3, 0.4) is 0 Å². The summed E-state index contributed by atoms with van der Waals surface area (Å²) in [5, 5.41) is 0. The molecular formula is C62H64O11S. The second-order valence-corrected chi connectivity index (χ2v) is 19.4. The maximum atomic E-state index is 13.5. The Morgan fingerprint density at radius 2 is 0.716 bits per heavy atom. The summed E-state index contributed by atoms with van der Waals surface area (Å²) in [6, 6.07) is 69.8. The molecule has 2 aliphatic rings. The van der Waals surface area contributed by atoms with Gasteiger partial charge in [-0.1, -0.05) is 212 Å². The average molecular weight is 1020 g/mol. The third-order valence-corrected chi connectivity index (χ3v) is 13.9. The number of rotatable bonds is 25. The van der Waals surface area contributed by atoms with Crippen LogP contribution in [0.5, 0.6) is 0 Å². The molecule has 0 spiro atoms. The maximum absolute atomic E-state index is 13.5. The Balaban J connectivity index is 1.11. The molecular weight excluding hydrogens is 953 g/mol. The Hall–Kier alpha value is -6.00. The molecule has 0 amide bonds. The fraction of sp³-hybridized carbons (Fsp3) is 0.306. The molecule has 2 heterocycles. The van der Waals surface area contributed by atoms with E-state index in [0.29, 0.717) is 13.2 Å². The van der Waals surface area contributed by atoms with Gasteiger partial charge in [0.1, 0.15) is 48.2 Å². The topological polar surface area (TPSA) is 109 Å². The second-order valence-electron chi connectivity index (χ2n) is 18.2. The Bertz CT molecular complexity index is 2660. The average Bonchev–Trinajstić information content (AvgIpc) is 3.44. The zero-order chi connectivity index (χ0) is 50.6. The van der Waals surface area contributed by atoms with Crippen LogP contribution in [-0.2, 0) is 91.8 Å². The van der Waals surface area contributed by atoms with Gasteiger partial charge in [-0.25, -0.2) is 0 Å². The van der Waals surface area contributed by atoms with Crippen molar-refractivity contribution in [3.8, 4) is 0 Å². The van der Waals surface area contributed by atoms with E-state index >= 15 is 0 Å². The van der Waals surface area contributed by atoms with Crippen molar-refractivity contribution in [3.05, 3.63) is 246 Å². The van der Waals surface area contributed by atoms with Crippen molar-refractivity contribution in [2.45, 2.75) is 112 Å². The number of hydrogen-bond donors (Lipinski definition) is 0. The third kappa shape index (κ3) is 15.5. The van der Waals surface area contributed by atoms with Crippen LogP contribution in [0.4, 0.5) is 0 Å². The fourth-order valence-corrected chi connectivity index (χ4v) is 10.2. The first-order valence-corrected chi connectivity index (χ1v) is 26.1. The van der Waals surface area contributed by atoms with Crippen molar-refractivity contribution in [1.82, 2.24) is 0 Å². The minimum atomic E-state index is -1.25. The van der Waals surface area contributed by atoms with Crippen molar-refractivity contribution in [3.63, 3.8) is 0 Å². The highest BCUT2D eigenvalue weighted by atomic mass is 32.2. The van der Waals surface area contributed by atoms with Gasteiger partial charge in [-0.15, -0.1) is 0 Å². The van der Waals surface area contributed by atoms with Gasteiger partial charge in [-0.3, -0.25) is 4.79 Å². The predicted molar refractivity (Wildman–Crippen MR) is 282 cm³/mol. The maximum Gasteiger partial charge on any atom is 0.303 e. The molecule has 11 nitrogen and oxygen atoms in total. The zero-order valence-corrected chi connectivity index (χ0v) is 42.4. The van der Waals surface area contributed by atoms with Gasteiger partial charge in [0.05, 0.1) is 52.9 Å². The fourth-order valence-electron chi connectivity index (χ4n) is 9.06. The molecule has 7 aromatic carbocycles. The SMILES string of the molecule is CC(=O)OC1[C@@H](OC2[C@@H](Sc3ccccc3)OC(COCc3ccccc3)[C@@H](OCc3ccccc3)[C@H]2OCc2ccccc2)OC(COCc2ccccc2)[C@@H](OCc2ccccc2)[C@H]1OCc1ccccc1. The van der Waals surface area contributed by atoms with E-state index in [9.17, 15) is 4.79 Å². The van der Waals surface area contributed by atoms with E-state index in [1.165, 1.54) is 18.7 Å². The summed E-state index contributed by atoms with van der Waals surface area (Å²) in [4.78, 5) is 14.4. The second kappa shape index (κ2) is 28.1. The Labute approximate surface area is 438 Å². The molecule has 2 saturated heterocycles. The summed E-state index contributed by atoms with van der Waals surface area (Å²) in [5.74, 6) is -0.548. The largest absolute Gasteiger partial charge is 0.454 e. The molecule has 9 rings (SSSR count). The quantitative estimate of drug-likeness (QED) is 0.0509. The summed E-state index contributed by atoms with van der Waals surface area (Å²) in [7, 11) is 0. The number of carbonyl (C=O) groups is 1. The number of esters is 1. The van der Waals surface area contributed by atoms with Gasteiger partial charge in [0.25, 0.3) is 0 Å². The molecule has 0 aliphatic carbocycles. The molecule has 74 heavy (non-hydrogen) atoms. The van der Waals surface area contributed by atoms with Gasteiger partial charge in [-0.05, 0) is 45.5 Å². The van der Waals surface area contributed by atoms with E-state index in [1.54, 1.807) is 0 Å². The highest BCUT2D eigenvalue weighted by molar-refractivity contribution is 7.99. The molecule has 2 fully saturated rings. The Morgan fingerprint density at radius 3 is 1.09 bits per heavy atom. The zero-order valence-electron chi connectivity index (χ0n) is 41.5. The van der Waals surface area contributed by atoms with Crippen LogP contribution in [0.1, 0.15) is 40.3 Å². The molecule has 2 aliphatic heterocycles. The lowest BCUT2D eigenvalue weighted by molar-refractivity contribution is -0.351. The first kappa shape index (κ1) is 52.8. The number of ether oxygens (including phenoxy) is 10. The van der Waals surface area contributed by atoms with Crippen molar-refractivity contribution < 1.29 is 52.2 Å². The van der Waals surface area contributed by atoms with Crippen LogP contribution < -0.4 is 0 Å². The molecule has 7 aromatic rings. The van der Waals surface area contributed by atoms with Gasteiger partial charge in [-0.2, -0.15) is 0 Å². The normalized spacial score (nSPS) is 23.7. The predicted octanol–water partition coefficient (Wildman–Crippen LogP) is 11.3. The lowest BCUT2D eigenvalue weighted by Crippen LogP contribution is -2.66. The standard InChI is InChI=1S/C62H64O11S/c1-45(63)70-59-57(68-41-50-31-17-6-18-32-50)55(66-39-48-27-13-4-14-28-48)53(43-64-37-46-23-9-2-10-24-46)71-61(59)73-60-58(69-42-51-33-19-7-20-34-51)56(67-40-49-29-15-5-16-30-49)54(44-65-38-47-25-11-3-12-26-47)72-62(60)74-52-35-21-8-22-36-52/h2-36,53-62H,37-44H2,1H3/t53?,54?,55-,56-,57-,58-,59?,60?,61-,62-/m1/s1. The van der Waals surface area contributed by atoms with Crippen molar-refractivity contribution in [2.75, 3.05) is 13.2 Å². The molecule has 10 atom stereocenters. The van der Waals surface area contributed by atoms with E-state index < -0.39 is 66.5 Å². The van der Waals surface area contributed by atoms with Crippen LogP contribution in [0, 0.1) is 0 Å². The Morgan fingerprint density at radius 1 is 0.392 bits per heavy atom. The van der Waals surface area contributed by atoms with Crippen LogP contribution in [0.25, 0.3) is 0 Å². The van der Waals surface area contributed by atoms with Gasteiger partial charge in [0, 0.05) is 11.8 Å². The van der Waals surface area contributed by atoms with Crippen LogP contribution >= 0.6 is 11.8 Å². The summed E-state index contributed by atoms with van der Waals surface area (Å²) in [6.07, 6.45) is -7.97. The summed E-state index contributed by atoms with van der Waals surface area (Å²) < 4.78 is 69.0. The van der Waals surface area contributed by atoms with E-state index in [4.69, 9.17) is 47.4 Å². The van der Waals surface area contributed by atoms with Gasteiger partial charge in [0.15, 0.2) is 12.4 Å². The van der Waals surface area contributed by atoms with Crippen LogP contribution in [0.2, 0.25) is 0 Å². The number of benzene rings is 7. The first-order chi connectivity index (χ1) is 36.5. The highest BCUT2D eigenvalue weighted by Gasteiger charge is 2.55. The monoisotopic (exact) mass is 1020 g/mol. The van der Waals surface area contributed by atoms with Crippen LogP contribution in [0.15, 0.2) is 217 Å². The molecule has 12 heteroatoms. The van der Waals surface area contributed by atoms with Crippen LogP contribution in [-0.4, -0.2) is 79.7 Å². The lowest BCUT2D eigenvalue weighted by atomic mass is 9.96. The molecule has 0 saturated carbocycles. The number of thioether (sulfide) groups is 1. The molecule has 0 radical (unpaired) electrons. The Kier molecular flexibility index (Phi) is 20.0. The molecule has 4 unspecified atom stereocenters. The number of carbonyl (C=O) groups excluding carboxylic acids is 1. The lowest BCUT2D eigenvalue weighted by Gasteiger charge is -2.50.